The number of imidazole rings is 2. The minimum Gasteiger partial charge on any atom is -0.329 e. The van der Waals surface area contributed by atoms with Crippen LogP contribution < -0.4 is 0 Å². The van der Waals surface area contributed by atoms with Crippen LogP contribution in [0.1, 0.15) is 17.1 Å². The van der Waals surface area contributed by atoms with Crippen LogP contribution in [-0.4, -0.2) is 18.9 Å². The third-order valence-electron chi connectivity index (χ3n) is 2.82. The Morgan fingerprint density at radius 1 is 1.38 bits per heavy atom. The second-order valence-electron chi connectivity index (χ2n) is 3.87. The standard InChI is InChI=1S/C11H12N4S/c1-8-9(2)15(7-12-8)6-10-5-14-3-4-16-11(14)13-10/h3-5,7H,6H2,1-2H3. The highest BCUT2D eigenvalue weighted by Gasteiger charge is 2.06. The summed E-state index contributed by atoms with van der Waals surface area (Å²) in [5.41, 5.74) is 3.37. The summed E-state index contributed by atoms with van der Waals surface area (Å²) < 4.78 is 4.18. The van der Waals surface area contributed by atoms with E-state index >= 15 is 0 Å². The van der Waals surface area contributed by atoms with E-state index in [4.69, 9.17) is 0 Å². The normalized spacial score (nSPS) is 11.4. The van der Waals surface area contributed by atoms with E-state index in [0.717, 1.165) is 22.9 Å². The molecule has 3 aromatic heterocycles. The Morgan fingerprint density at radius 2 is 2.25 bits per heavy atom. The van der Waals surface area contributed by atoms with Crippen molar-refractivity contribution in [1.29, 1.82) is 0 Å². The van der Waals surface area contributed by atoms with Crippen molar-refractivity contribution in [3.05, 3.63) is 41.2 Å². The summed E-state index contributed by atoms with van der Waals surface area (Å²) >= 11 is 1.66. The van der Waals surface area contributed by atoms with Crippen LogP contribution in [0, 0.1) is 13.8 Å². The zero-order valence-corrected chi connectivity index (χ0v) is 10.0. The monoisotopic (exact) mass is 232 g/mol. The Bertz CT molecular complexity index is 603. The van der Waals surface area contributed by atoms with Gasteiger partial charge in [0, 0.05) is 23.5 Å². The second-order valence-corrected chi connectivity index (χ2v) is 4.74. The van der Waals surface area contributed by atoms with Gasteiger partial charge < -0.3 is 4.57 Å². The van der Waals surface area contributed by atoms with Crippen molar-refractivity contribution in [1.82, 2.24) is 18.9 Å². The minimum atomic E-state index is 0.793. The van der Waals surface area contributed by atoms with E-state index in [9.17, 15) is 0 Å². The van der Waals surface area contributed by atoms with E-state index in [-0.39, 0.29) is 0 Å². The summed E-state index contributed by atoms with van der Waals surface area (Å²) in [5, 5.41) is 2.04. The average Bonchev–Trinajstić information content (AvgIpc) is 2.88. The van der Waals surface area contributed by atoms with Gasteiger partial charge in [0.1, 0.15) is 0 Å². The Balaban J connectivity index is 1.95. The fourth-order valence-electron chi connectivity index (χ4n) is 1.73. The molecule has 0 saturated carbocycles. The number of hydrogen-bond donors (Lipinski definition) is 0. The lowest BCUT2D eigenvalue weighted by atomic mass is 10.3. The summed E-state index contributed by atoms with van der Waals surface area (Å²) in [6.45, 7) is 4.90. The molecule has 5 heteroatoms. The Labute approximate surface area is 97.2 Å². The van der Waals surface area contributed by atoms with Crippen molar-refractivity contribution >= 4 is 16.3 Å². The lowest BCUT2D eigenvalue weighted by molar-refractivity contribution is 0.753. The number of nitrogens with zero attached hydrogens (tertiary/aromatic N) is 4. The van der Waals surface area contributed by atoms with Crippen LogP contribution in [0.4, 0.5) is 0 Å². The molecule has 82 valence electrons. The third-order valence-corrected chi connectivity index (χ3v) is 3.59. The van der Waals surface area contributed by atoms with Gasteiger partial charge in [0.15, 0.2) is 4.96 Å². The molecule has 0 fully saturated rings. The minimum absolute atomic E-state index is 0.793. The molecule has 3 aromatic rings. The van der Waals surface area contributed by atoms with Crippen molar-refractivity contribution in [3.63, 3.8) is 0 Å². The largest absolute Gasteiger partial charge is 0.329 e. The van der Waals surface area contributed by atoms with Crippen molar-refractivity contribution < 1.29 is 0 Å². The summed E-state index contributed by atoms with van der Waals surface area (Å²) in [6.07, 6.45) is 5.97. The molecule has 0 amide bonds. The number of thiazole rings is 1. The molecule has 3 rings (SSSR count). The smallest absolute Gasteiger partial charge is 0.193 e. The maximum absolute atomic E-state index is 4.55. The first-order valence-electron chi connectivity index (χ1n) is 5.13. The first kappa shape index (κ1) is 9.59. The molecule has 0 radical (unpaired) electrons. The van der Waals surface area contributed by atoms with Crippen LogP contribution >= 0.6 is 11.3 Å². The molecular weight excluding hydrogens is 220 g/mol. The molecule has 0 bridgehead atoms. The third kappa shape index (κ3) is 1.44. The van der Waals surface area contributed by atoms with Gasteiger partial charge in [0.2, 0.25) is 0 Å². The molecule has 16 heavy (non-hydrogen) atoms. The van der Waals surface area contributed by atoms with Gasteiger partial charge in [-0.05, 0) is 13.8 Å². The summed E-state index contributed by atoms with van der Waals surface area (Å²) in [7, 11) is 0. The number of fused-ring (bicyclic) bond motifs is 1. The van der Waals surface area contributed by atoms with E-state index in [1.165, 1.54) is 5.69 Å². The summed E-state index contributed by atoms with van der Waals surface area (Å²) in [5.74, 6) is 0. The number of aryl methyl sites for hydroxylation is 1. The van der Waals surface area contributed by atoms with Crippen LogP contribution in [0.3, 0.4) is 0 Å². The average molecular weight is 232 g/mol. The van der Waals surface area contributed by atoms with Gasteiger partial charge in [-0.2, -0.15) is 0 Å². The van der Waals surface area contributed by atoms with E-state index in [1.807, 2.05) is 24.8 Å². The van der Waals surface area contributed by atoms with E-state index in [0.29, 0.717) is 0 Å². The molecule has 0 aliphatic carbocycles. The van der Waals surface area contributed by atoms with Gasteiger partial charge in [0.05, 0.1) is 24.3 Å². The highest BCUT2D eigenvalue weighted by molar-refractivity contribution is 7.15. The number of aromatic nitrogens is 4. The fraction of sp³-hybridized carbons (Fsp3) is 0.273. The Hall–Kier alpha value is -1.62. The SMILES string of the molecule is Cc1ncn(Cc2cn3ccsc3n2)c1C. The lowest BCUT2D eigenvalue weighted by Gasteiger charge is -2.01. The summed E-state index contributed by atoms with van der Waals surface area (Å²) in [4.78, 5) is 9.88. The van der Waals surface area contributed by atoms with Crippen LogP contribution in [0.5, 0.6) is 0 Å². The van der Waals surface area contributed by atoms with Crippen LogP contribution in [0.2, 0.25) is 0 Å². The van der Waals surface area contributed by atoms with Crippen molar-refractivity contribution in [2.75, 3.05) is 0 Å². The molecule has 0 aliphatic rings. The van der Waals surface area contributed by atoms with Gasteiger partial charge in [-0.3, -0.25) is 4.40 Å². The van der Waals surface area contributed by atoms with Gasteiger partial charge in [0.25, 0.3) is 0 Å². The van der Waals surface area contributed by atoms with E-state index < -0.39 is 0 Å². The number of rotatable bonds is 2. The van der Waals surface area contributed by atoms with Gasteiger partial charge in [-0.15, -0.1) is 11.3 Å². The first-order valence-corrected chi connectivity index (χ1v) is 6.01. The molecular formula is C11H12N4S. The predicted molar refractivity (Wildman–Crippen MR) is 63.9 cm³/mol. The maximum Gasteiger partial charge on any atom is 0.193 e. The predicted octanol–water partition coefficient (Wildman–Crippen LogP) is 2.26. The zero-order chi connectivity index (χ0) is 11.1. The molecule has 3 heterocycles. The molecule has 0 N–H and O–H groups in total. The molecule has 0 aromatic carbocycles. The molecule has 0 saturated heterocycles. The lowest BCUT2D eigenvalue weighted by Crippen LogP contribution is -2.00. The Morgan fingerprint density at radius 3 is 2.94 bits per heavy atom. The number of hydrogen-bond acceptors (Lipinski definition) is 3. The van der Waals surface area contributed by atoms with Crippen molar-refractivity contribution in [2.24, 2.45) is 0 Å². The van der Waals surface area contributed by atoms with Crippen LogP contribution in [0.15, 0.2) is 24.1 Å². The zero-order valence-electron chi connectivity index (χ0n) is 9.21. The van der Waals surface area contributed by atoms with E-state index in [2.05, 4.69) is 32.1 Å². The topological polar surface area (TPSA) is 35.1 Å². The van der Waals surface area contributed by atoms with Gasteiger partial charge >= 0.3 is 0 Å². The van der Waals surface area contributed by atoms with E-state index in [1.54, 1.807) is 11.3 Å². The van der Waals surface area contributed by atoms with Crippen molar-refractivity contribution in [2.45, 2.75) is 20.4 Å². The second kappa shape index (κ2) is 3.45. The molecule has 4 nitrogen and oxygen atoms in total. The van der Waals surface area contributed by atoms with Crippen molar-refractivity contribution in [3.8, 4) is 0 Å². The molecule has 0 unspecified atom stereocenters. The highest BCUT2D eigenvalue weighted by Crippen LogP contribution is 2.13. The van der Waals surface area contributed by atoms with Crippen LogP contribution in [-0.2, 0) is 6.54 Å². The van der Waals surface area contributed by atoms with Gasteiger partial charge in [-0.1, -0.05) is 0 Å². The van der Waals surface area contributed by atoms with Crippen LogP contribution in [0.25, 0.3) is 4.96 Å². The highest BCUT2D eigenvalue weighted by atomic mass is 32.1. The molecule has 0 spiro atoms. The maximum atomic E-state index is 4.55. The Kier molecular flexibility index (Phi) is 2.07. The molecule has 0 aliphatic heterocycles. The fourth-order valence-corrected chi connectivity index (χ4v) is 2.45. The quantitative estimate of drug-likeness (QED) is 0.679. The molecule has 0 atom stereocenters. The van der Waals surface area contributed by atoms with Gasteiger partial charge in [-0.25, -0.2) is 9.97 Å². The summed E-state index contributed by atoms with van der Waals surface area (Å²) in [6, 6.07) is 0. The first-order chi connectivity index (χ1) is 7.74.